The van der Waals surface area contributed by atoms with Crippen LogP contribution in [0.5, 0.6) is 0 Å². The molecule has 0 saturated carbocycles. The highest BCUT2D eigenvalue weighted by Crippen LogP contribution is 3.02. The fourth-order valence-electron chi connectivity index (χ4n) is 2.11. The molecule has 0 aliphatic heterocycles. The first-order valence-corrected chi connectivity index (χ1v) is 10.0. The molecule has 0 saturated heterocycles. The maximum atomic E-state index is 12.7. The summed E-state index contributed by atoms with van der Waals surface area (Å²) in [6, 6.07) is 4.48. The van der Waals surface area contributed by atoms with Crippen LogP contribution in [0.25, 0.3) is 5.78 Å². The lowest BCUT2D eigenvalue weighted by molar-refractivity contribution is 0.364. The van der Waals surface area contributed by atoms with Crippen molar-refractivity contribution in [3.05, 3.63) is 47.9 Å². The zero-order valence-electron chi connectivity index (χ0n) is 15.0. The summed E-state index contributed by atoms with van der Waals surface area (Å²) in [5, 5.41) is 6.94. The molecule has 0 radical (unpaired) electrons. The van der Waals surface area contributed by atoms with Crippen molar-refractivity contribution in [3.8, 4) is 0 Å². The molecule has 0 aliphatic rings. The highest BCUT2D eigenvalue weighted by molar-refractivity contribution is 8.45. The molecule has 2 aromatic heterocycles. The van der Waals surface area contributed by atoms with Crippen molar-refractivity contribution >= 4 is 21.8 Å². The molecule has 150 valence electrons. The van der Waals surface area contributed by atoms with Gasteiger partial charge in [-0.05, 0) is 24.6 Å². The first-order valence-electron chi connectivity index (χ1n) is 8.08. The van der Waals surface area contributed by atoms with E-state index in [4.69, 9.17) is 0 Å². The first kappa shape index (κ1) is 20.9. The van der Waals surface area contributed by atoms with Gasteiger partial charge in [-0.15, -0.1) is 0 Å². The van der Waals surface area contributed by atoms with Crippen LogP contribution in [0.3, 0.4) is 0 Å². The van der Waals surface area contributed by atoms with Crippen LogP contribution in [0.4, 0.5) is 25.2 Å². The number of nitrogens with one attached hydrogen (secondary N) is 1. The van der Waals surface area contributed by atoms with Gasteiger partial charge in [0.25, 0.3) is 5.78 Å². The number of hydrogen-bond donors (Lipinski definition) is 1. The van der Waals surface area contributed by atoms with Crippen LogP contribution in [-0.4, -0.2) is 19.6 Å². The van der Waals surface area contributed by atoms with Crippen molar-refractivity contribution in [2.75, 3.05) is 5.32 Å². The summed E-state index contributed by atoms with van der Waals surface area (Å²) in [7, 11) is -9.63. The second-order valence-corrected chi connectivity index (χ2v) is 8.34. The van der Waals surface area contributed by atoms with Crippen LogP contribution in [0, 0.1) is 6.92 Å². The van der Waals surface area contributed by atoms with Gasteiger partial charge in [0, 0.05) is 18.3 Å². The maximum absolute atomic E-state index is 12.7. The highest BCUT2D eigenvalue weighted by Gasteiger charge is 2.65. The second-order valence-electron chi connectivity index (χ2n) is 5.93. The zero-order valence-corrected chi connectivity index (χ0v) is 15.8. The largest absolute Gasteiger partial charge is 0.366 e. The number of aromatic nitrogens is 4. The molecule has 0 fully saturated rings. The first-order chi connectivity index (χ1) is 12.3. The Hall–Kier alpha value is -2.43. The van der Waals surface area contributed by atoms with E-state index >= 15 is 0 Å². The van der Waals surface area contributed by atoms with Crippen molar-refractivity contribution in [1.82, 2.24) is 19.6 Å². The smallest absolute Gasteiger partial charge is 0.310 e. The van der Waals surface area contributed by atoms with Crippen molar-refractivity contribution < 1.29 is 19.4 Å². The summed E-state index contributed by atoms with van der Waals surface area (Å²) in [6.07, 6.45) is 2.57. The van der Waals surface area contributed by atoms with Gasteiger partial charge in [-0.25, -0.2) is 4.98 Å². The Bertz CT molecular complexity index is 923. The average molecular weight is 409 g/mol. The van der Waals surface area contributed by atoms with Gasteiger partial charge in [0.1, 0.15) is 17.0 Å². The number of fused-ring (bicyclic) bond motifs is 1. The Kier molecular flexibility index (Phi) is 5.12. The molecular formula is C16H20F5N5S. The van der Waals surface area contributed by atoms with Crippen molar-refractivity contribution in [1.29, 1.82) is 0 Å². The minimum Gasteiger partial charge on any atom is -0.366 e. The summed E-state index contributed by atoms with van der Waals surface area (Å²) in [5.74, 6) is 0.903. The fraction of sp³-hybridized carbons (Fsp3) is 0.312. The van der Waals surface area contributed by atoms with E-state index in [0.29, 0.717) is 35.0 Å². The van der Waals surface area contributed by atoms with E-state index in [9.17, 15) is 19.4 Å². The molecule has 1 aromatic carbocycles. The molecule has 27 heavy (non-hydrogen) atoms. The SMILES string of the molecule is CCC.Cc1cc(NCc2ccc(S(F)(F)(F)(F)F)cc2)n2ncnc2n1. The standard InChI is InChI=1S/C13H12F5N5S.C3H8/c1-9-6-12(23-13(22-9)20-8-21-23)19-7-10-2-4-11(5-3-10)24(14,15,16,17)18;1-3-2/h2-6,8,19H,7H2,1H3;3H2,1-2H3. The average Bonchev–Trinajstić information content (AvgIpc) is 3.00. The predicted octanol–water partition coefficient (Wildman–Crippen LogP) is 6.12. The van der Waals surface area contributed by atoms with E-state index in [-0.39, 0.29) is 6.54 Å². The van der Waals surface area contributed by atoms with Gasteiger partial charge >= 0.3 is 10.2 Å². The zero-order chi connectivity index (χ0) is 20.4. The summed E-state index contributed by atoms with van der Waals surface area (Å²) in [6.45, 7) is 6.13. The lowest BCUT2D eigenvalue weighted by atomic mass is 10.2. The monoisotopic (exact) mass is 409 g/mol. The van der Waals surface area contributed by atoms with E-state index < -0.39 is 15.1 Å². The van der Waals surface area contributed by atoms with Gasteiger partial charge < -0.3 is 5.32 Å². The third-order valence-corrected chi connectivity index (χ3v) is 4.39. The summed E-state index contributed by atoms with van der Waals surface area (Å²) in [4.78, 5) is 6.19. The minimum absolute atomic E-state index is 0.124. The lowest BCUT2D eigenvalue weighted by Gasteiger charge is -2.40. The molecule has 0 aliphatic carbocycles. The molecule has 11 heteroatoms. The number of rotatable bonds is 4. The second kappa shape index (κ2) is 6.63. The van der Waals surface area contributed by atoms with Crippen LogP contribution in [0.15, 0.2) is 41.6 Å². The van der Waals surface area contributed by atoms with Crippen LogP contribution in [-0.2, 0) is 6.54 Å². The molecule has 2 heterocycles. The maximum Gasteiger partial charge on any atom is 0.310 e. The van der Waals surface area contributed by atoms with E-state index in [1.54, 1.807) is 13.0 Å². The number of anilines is 1. The van der Waals surface area contributed by atoms with E-state index in [1.165, 1.54) is 17.3 Å². The molecule has 0 unspecified atom stereocenters. The molecule has 0 spiro atoms. The fourth-order valence-corrected chi connectivity index (χ4v) is 2.76. The van der Waals surface area contributed by atoms with Gasteiger partial charge in [0.05, 0.1) is 0 Å². The number of benzene rings is 1. The van der Waals surface area contributed by atoms with Crippen LogP contribution in [0.2, 0.25) is 0 Å². The van der Waals surface area contributed by atoms with Gasteiger partial charge in [-0.1, -0.05) is 51.8 Å². The Morgan fingerprint density at radius 1 is 1.04 bits per heavy atom. The molecular weight excluding hydrogens is 389 g/mol. The lowest BCUT2D eigenvalue weighted by Crippen LogP contribution is -2.08. The van der Waals surface area contributed by atoms with Crippen LogP contribution >= 0.6 is 10.2 Å². The normalized spacial score (nSPS) is 14.1. The highest BCUT2D eigenvalue weighted by atomic mass is 32.5. The molecule has 3 aromatic rings. The Balaban J connectivity index is 0.000000817. The van der Waals surface area contributed by atoms with Gasteiger partial charge in [0.2, 0.25) is 0 Å². The van der Waals surface area contributed by atoms with E-state index in [1.807, 2.05) is 0 Å². The van der Waals surface area contributed by atoms with Gasteiger partial charge in [0.15, 0.2) is 0 Å². The minimum atomic E-state index is -9.63. The number of halogens is 5. The Morgan fingerprint density at radius 2 is 1.63 bits per heavy atom. The van der Waals surface area contributed by atoms with Crippen molar-refractivity contribution in [3.63, 3.8) is 0 Å². The summed E-state index contributed by atoms with van der Waals surface area (Å²) >= 11 is 0. The Labute approximate surface area is 153 Å². The third-order valence-electron chi connectivity index (χ3n) is 3.22. The molecule has 5 nitrogen and oxygen atoms in total. The molecule has 0 bridgehead atoms. The molecule has 3 rings (SSSR count). The number of nitrogens with zero attached hydrogens (tertiary/aromatic N) is 4. The van der Waals surface area contributed by atoms with Crippen LogP contribution in [0.1, 0.15) is 31.5 Å². The topological polar surface area (TPSA) is 55.1 Å². The van der Waals surface area contributed by atoms with Crippen molar-refractivity contribution in [2.45, 2.75) is 38.6 Å². The summed E-state index contributed by atoms with van der Waals surface area (Å²) < 4.78 is 64.8. The number of hydrogen-bond acceptors (Lipinski definition) is 4. The number of aryl methyl sites for hydroxylation is 1. The van der Waals surface area contributed by atoms with Gasteiger partial charge in [-0.2, -0.15) is 14.6 Å². The molecule has 0 atom stereocenters. The van der Waals surface area contributed by atoms with E-state index in [2.05, 4.69) is 34.2 Å². The molecule has 1 N–H and O–H groups in total. The summed E-state index contributed by atoms with van der Waals surface area (Å²) in [5.41, 5.74) is 1.08. The predicted molar refractivity (Wildman–Crippen MR) is 96.6 cm³/mol. The molecule has 0 amide bonds. The van der Waals surface area contributed by atoms with Crippen molar-refractivity contribution in [2.24, 2.45) is 0 Å². The third kappa shape index (κ3) is 5.52. The quantitative estimate of drug-likeness (QED) is 0.528. The Morgan fingerprint density at radius 3 is 2.19 bits per heavy atom. The van der Waals surface area contributed by atoms with E-state index in [0.717, 1.165) is 12.1 Å². The van der Waals surface area contributed by atoms with Crippen LogP contribution < -0.4 is 5.32 Å². The van der Waals surface area contributed by atoms with Gasteiger partial charge in [-0.3, -0.25) is 0 Å².